The van der Waals surface area contributed by atoms with E-state index in [0.29, 0.717) is 21.5 Å². The summed E-state index contributed by atoms with van der Waals surface area (Å²) in [4.78, 5) is 0. The highest BCUT2D eigenvalue weighted by atomic mass is 79.9. The molecule has 0 saturated heterocycles. The summed E-state index contributed by atoms with van der Waals surface area (Å²) in [5, 5.41) is 0. The number of methoxy groups -OCH3 is 2. The van der Waals surface area contributed by atoms with Crippen LogP contribution in [0.3, 0.4) is 0 Å². The van der Waals surface area contributed by atoms with Crippen LogP contribution in [0.1, 0.15) is 17.2 Å². The maximum absolute atomic E-state index is 13.6. The Morgan fingerprint density at radius 2 is 1.85 bits per heavy atom. The standard InChI is InChI=1S/C15H15BrFNO2/c1-19-10-4-6-14(20-2)11(8-10)15(18)9-3-5-12(16)13(17)7-9/h3-8,15H,18H2,1-2H3. The smallest absolute Gasteiger partial charge is 0.137 e. The van der Waals surface area contributed by atoms with Crippen molar-refractivity contribution in [3.8, 4) is 11.5 Å². The fourth-order valence-corrected chi connectivity index (χ4v) is 2.21. The van der Waals surface area contributed by atoms with Crippen LogP contribution >= 0.6 is 15.9 Å². The average molecular weight is 340 g/mol. The van der Waals surface area contributed by atoms with Crippen LogP contribution < -0.4 is 15.2 Å². The van der Waals surface area contributed by atoms with E-state index in [1.165, 1.54) is 6.07 Å². The topological polar surface area (TPSA) is 44.5 Å². The van der Waals surface area contributed by atoms with E-state index in [2.05, 4.69) is 15.9 Å². The molecule has 0 aliphatic rings. The number of halogens is 2. The van der Waals surface area contributed by atoms with Gasteiger partial charge in [-0.2, -0.15) is 0 Å². The summed E-state index contributed by atoms with van der Waals surface area (Å²) < 4.78 is 24.5. The van der Waals surface area contributed by atoms with Gasteiger partial charge in [-0.05, 0) is 51.8 Å². The third-order valence-electron chi connectivity index (χ3n) is 3.07. The first-order valence-corrected chi connectivity index (χ1v) is 6.78. The van der Waals surface area contributed by atoms with Crippen molar-refractivity contribution in [2.75, 3.05) is 14.2 Å². The van der Waals surface area contributed by atoms with Gasteiger partial charge in [0.25, 0.3) is 0 Å². The van der Waals surface area contributed by atoms with Gasteiger partial charge in [-0.15, -0.1) is 0 Å². The molecule has 2 N–H and O–H groups in total. The van der Waals surface area contributed by atoms with Gasteiger partial charge in [0.2, 0.25) is 0 Å². The molecular formula is C15H15BrFNO2. The molecule has 0 fully saturated rings. The van der Waals surface area contributed by atoms with Crippen LogP contribution in [0.25, 0.3) is 0 Å². The van der Waals surface area contributed by atoms with Gasteiger partial charge in [-0.3, -0.25) is 0 Å². The highest BCUT2D eigenvalue weighted by Gasteiger charge is 2.16. The lowest BCUT2D eigenvalue weighted by Gasteiger charge is -2.17. The first-order valence-electron chi connectivity index (χ1n) is 5.99. The monoisotopic (exact) mass is 339 g/mol. The predicted octanol–water partition coefficient (Wildman–Crippen LogP) is 3.65. The molecule has 0 amide bonds. The molecule has 0 aliphatic carbocycles. The molecule has 2 aromatic carbocycles. The zero-order valence-electron chi connectivity index (χ0n) is 11.2. The third kappa shape index (κ3) is 2.94. The second kappa shape index (κ2) is 6.24. The maximum atomic E-state index is 13.6. The fraction of sp³-hybridized carbons (Fsp3) is 0.200. The summed E-state index contributed by atoms with van der Waals surface area (Å²) in [6, 6.07) is 9.69. The second-order valence-electron chi connectivity index (χ2n) is 4.26. The lowest BCUT2D eigenvalue weighted by Crippen LogP contribution is -2.13. The molecule has 0 spiro atoms. The summed E-state index contributed by atoms with van der Waals surface area (Å²) in [6.07, 6.45) is 0. The molecule has 0 bridgehead atoms. The van der Waals surface area contributed by atoms with Gasteiger partial charge >= 0.3 is 0 Å². The number of hydrogen-bond donors (Lipinski definition) is 1. The largest absolute Gasteiger partial charge is 0.497 e. The van der Waals surface area contributed by atoms with E-state index in [0.717, 1.165) is 5.56 Å². The lowest BCUT2D eigenvalue weighted by atomic mass is 9.98. The Morgan fingerprint density at radius 3 is 2.45 bits per heavy atom. The average Bonchev–Trinajstić information content (AvgIpc) is 2.48. The number of rotatable bonds is 4. The molecule has 2 aromatic rings. The Labute approximate surface area is 125 Å². The van der Waals surface area contributed by atoms with E-state index >= 15 is 0 Å². The van der Waals surface area contributed by atoms with Crippen LogP contribution in [0, 0.1) is 5.82 Å². The Morgan fingerprint density at radius 1 is 1.10 bits per heavy atom. The number of nitrogens with two attached hydrogens (primary N) is 1. The van der Waals surface area contributed by atoms with Gasteiger partial charge in [-0.25, -0.2) is 4.39 Å². The Hall–Kier alpha value is -1.59. The minimum absolute atomic E-state index is 0.347. The van der Waals surface area contributed by atoms with Crippen molar-refractivity contribution in [3.63, 3.8) is 0 Å². The number of hydrogen-bond acceptors (Lipinski definition) is 3. The van der Waals surface area contributed by atoms with Crippen molar-refractivity contribution in [2.45, 2.75) is 6.04 Å². The Kier molecular flexibility index (Phi) is 4.62. The molecule has 20 heavy (non-hydrogen) atoms. The lowest BCUT2D eigenvalue weighted by molar-refractivity contribution is 0.397. The van der Waals surface area contributed by atoms with E-state index in [4.69, 9.17) is 15.2 Å². The quantitative estimate of drug-likeness (QED) is 0.924. The van der Waals surface area contributed by atoms with Gasteiger partial charge in [0.1, 0.15) is 17.3 Å². The minimum Gasteiger partial charge on any atom is -0.497 e. The number of ether oxygens (including phenoxy) is 2. The summed E-state index contributed by atoms with van der Waals surface area (Å²) in [5.41, 5.74) is 7.63. The summed E-state index contributed by atoms with van der Waals surface area (Å²) >= 11 is 3.13. The zero-order valence-corrected chi connectivity index (χ0v) is 12.8. The highest BCUT2D eigenvalue weighted by molar-refractivity contribution is 9.10. The van der Waals surface area contributed by atoms with E-state index in [1.54, 1.807) is 44.6 Å². The van der Waals surface area contributed by atoms with Crippen LogP contribution in [0.15, 0.2) is 40.9 Å². The Balaban J connectivity index is 2.45. The van der Waals surface area contributed by atoms with Crippen LogP contribution in [0.5, 0.6) is 11.5 Å². The molecule has 2 rings (SSSR count). The van der Waals surface area contributed by atoms with E-state index in [9.17, 15) is 4.39 Å². The van der Waals surface area contributed by atoms with Crippen LogP contribution in [-0.4, -0.2) is 14.2 Å². The molecule has 1 unspecified atom stereocenters. The van der Waals surface area contributed by atoms with Gasteiger partial charge in [0.05, 0.1) is 24.7 Å². The van der Waals surface area contributed by atoms with E-state index in [-0.39, 0.29) is 5.82 Å². The van der Waals surface area contributed by atoms with Gasteiger partial charge in [0.15, 0.2) is 0 Å². The Bertz CT molecular complexity index is 619. The van der Waals surface area contributed by atoms with Crippen molar-refractivity contribution < 1.29 is 13.9 Å². The van der Waals surface area contributed by atoms with Gasteiger partial charge in [-0.1, -0.05) is 6.07 Å². The summed E-state index contributed by atoms with van der Waals surface area (Å²) in [6.45, 7) is 0. The normalized spacial score (nSPS) is 12.1. The summed E-state index contributed by atoms with van der Waals surface area (Å²) in [5.74, 6) is 0.968. The minimum atomic E-state index is -0.498. The van der Waals surface area contributed by atoms with Gasteiger partial charge in [0, 0.05) is 5.56 Å². The van der Waals surface area contributed by atoms with Crippen molar-refractivity contribution in [1.29, 1.82) is 0 Å². The molecule has 5 heteroatoms. The van der Waals surface area contributed by atoms with Crippen molar-refractivity contribution in [3.05, 3.63) is 57.8 Å². The van der Waals surface area contributed by atoms with Crippen LogP contribution in [-0.2, 0) is 0 Å². The first kappa shape index (κ1) is 14.8. The molecular weight excluding hydrogens is 325 g/mol. The molecule has 0 heterocycles. The predicted molar refractivity (Wildman–Crippen MR) is 79.7 cm³/mol. The van der Waals surface area contributed by atoms with Crippen LogP contribution in [0.2, 0.25) is 0 Å². The molecule has 0 saturated carbocycles. The molecule has 3 nitrogen and oxygen atoms in total. The second-order valence-corrected chi connectivity index (χ2v) is 5.11. The first-order chi connectivity index (χ1) is 9.56. The third-order valence-corrected chi connectivity index (χ3v) is 3.72. The van der Waals surface area contributed by atoms with Crippen molar-refractivity contribution in [2.24, 2.45) is 5.73 Å². The molecule has 0 radical (unpaired) electrons. The SMILES string of the molecule is COc1ccc(OC)c(C(N)c2ccc(Br)c(F)c2)c1. The van der Waals surface area contributed by atoms with Crippen molar-refractivity contribution >= 4 is 15.9 Å². The molecule has 0 aliphatic heterocycles. The van der Waals surface area contributed by atoms with E-state index < -0.39 is 6.04 Å². The van der Waals surface area contributed by atoms with Crippen LogP contribution in [0.4, 0.5) is 4.39 Å². The van der Waals surface area contributed by atoms with Gasteiger partial charge < -0.3 is 15.2 Å². The molecule has 1 atom stereocenters. The fourth-order valence-electron chi connectivity index (χ4n) is 1.97. The maximum Gasteiger partial charge on any atom is 0.137 e. The summed E-state index contributed by atoms with van der Waals surface area (Å²) in [7, 11) is 3.15. The highest BCUT2D eigenvalue weighted by Crippen LogP contribution is 2.32. The number of benzene rings is 2. The van der Waals surface area contributed by atoms with Crippen molar-refractivity contribution in [1.82, 2.24) is 0 Å². The van der Waals surface area contributed by atoms with E-state index in [1.807, 2.05) is 0 Å². The molecule has 106 valence electrons. The zero-order chi connectivity index (χ0) is 14.7. The molecule has 0 aromatic heterocycles.